The molecule has 3 rings (SSSR count). The fourth-order valence-electron chi connectivity index (χ4n) is 2.74. The van der Waals surface area contributed by atoms with Crippen molar-refractivity contribution < 1.29 is 9.47 Å². The standard InChI is InChI=1S/C20H22BrCl2N5O2S/c1-28-20(25-26-27-28)31-7-3-6-24-11-14-8-15(21)19(18(10-14)29-2)30-12-13-4-5-16(22)17(23)9-13/h4-5,8-10,24H,3,6-7,11-12H2,1-2H3. The Hall–Kier alpha value is -1.52. The highest BCUT2D eigenvalue weighted by Gasteiger charge is 2.12. The third-order valence-corrected chi connectivity index (χ3v) is 6.72. The van der Waals surface area contributed by atoms with E-state index in [2.05, 4.69) is 36.8 Å². The molecule has 31 heavy (non-hydrogen) atoms. The van der Waals surface area contributed by atoms with Crippen molar-refractivity contribution in [2.45, 2.75) is 24.7 Å². The van der Waals surface area contributed by atoms with Crippen LogP contribution in [0.1, 0.15) is 17.5 Å². The van der Waals surface area contributed by atoms with Gasteiger partial charge in [-0.3, -0.25) is 0 Å². The zero-order valence-corrected chi connectivity index (χ0v) is 21.0. The number of nitrogens with zero attached hydrogens (tertiary/aromatic N) is 4. The highest BCUT2D eigenvalue weighted by molar-refractivity contribution is 9.10. The Morgan fingerprint density at radius 2 is 2.00 bits per heavy atom. The first-order valence-electron chi connectivity index (χ1n) is 9.47. The van der Waals surface area contributed by atoms with Gasteiger partial charge in [0.05, 0.1) is 21.6 Å². The van der Waals surface area contributed by atoms with Gasteiger partial charge in [0.25, 0.3) is 0 Å². The Labute approximate surface area is 203 Å². The first-order valence-corrected chi connectivity index (χ1v) is 12.0. The number of aryl methyl sites for hydroxylation is 1. The van der Waals surface area contributed by atoms with Crippen molar-refractivity contribution in [3.63, 3.8) is 0 Å². The summed E-state index contributed by atoms with van der Waals surface area (Å²) in [7, 11) is 3.47. The molecule has 11 heteroatoms. The van der Waals surface area contributed by atoms with Crippen LogP contribution in [0.15, 0.2) is 40.0 Å². The number of thioether (sulfide) groups is 1. The first kappa shape index (κ1) is 24.1. The van der Waals surface area contributed by atoms with Crippen LogP contribution >= 0.6 is 50.9 Å². The minimum absolute atomic E-state index is 0.349. The van der Waals surface area contributed by atoms with Crippen molar-refractivity contribution in [3.8, 4) is 11.5 Å². The van der Waals surface area contributed by atoms with Crippen molar-refractivity contribution in [2.24, 2.45) is 7.05 Å². The molecule has 0 spiro atoms. The number of nitrogens with one attached hydrogen (secondary N) is 1. The van der Waals surface area contributed by atoms with Crippen LogP contribution in [0.2, 0.25) is 10.0 Å². The van der Waals surface area contributed by atoms with Gasteiger partial charge in [0, 0.05) is 19.3 Å². The molecule has 0 atom stereocenters. The topological polar surface area (TPSA) is 74.1 Å². The monoisotopic (exact) mass is 545 g/mol. The number of methoxy groups -OCH3 is 1. The van der Waals surface area contributed by atoms with Crippen molar-refractivity contribution in [2.75, 3.05) is 19.4 Å². The predicted octanol–water partition coefficient (Wildman–Crippen LogP) is 5.14. The van der Waals surface area contributed by atoms with E-state index in [0.29, 0.717) is 28.2 Å². The van der Waals surface area contributed by atoms with Gasteiger partial charge in [-0.1, -0.05) is 41.0 Å². The summed E-state index contributed by atoms with van der Waals surface area (Å²) < 4.78 is 14.0. The maximum Gasteiger partial charge on any atom is 0.209 e. The molecular formula is C20H22BrCl2N5O2S. The smallest absolute Gasteiger partial charge is 0.209 e. The van der Waals surface area contributed by atoms with Crippen LogP contribution in [0, 0.1) is 0 Å². The predicted molar refractivity (Wildman–Crippen MR) is 127 cm³/mol. The Morgan fingerprint density at radius 3 is 2.71 bits per heavy atom. The van der Waals surface area contributed by atoms with Gasteiger partial charge in [-0.25, -0.2) is 4.68 Å². The van der Waals surface area contributed by atoms with E-state index in [1.165, 1.54) is 0 Å². The molecule has 0 aliphatic heterocycles. The minimum Gasteiger partial charge on any atom is -0.493 e. The number of halogens is 3. The summed E-state index contributed by atoms with van der Waals surface area (Å²) in [5.41, 5.74) is 2.01. The van der Waals surface area contributed by atoms with E-state index in [1.807, 2.05) is 25.2 Å². The molecule has 0 fully saturated rings. The lowest BCUT2D eigenvalue weighted by molar-refractivity contribution is 0.282. The second kappa shape index (κ2) is 11.9. The largest absolute Gasteiger partial charge is 0.493 e. The number of aromatic nitrogens is 4. The second-order valence-corrected chi connectivity index (χ2v) is 9.34. The van der Waals surface area contributed by atoms with E-state index < -0.39 is 0 Å². The number of hydrogen-bond acceptors (Lipinski definition) is 7. The summed E-state index contributed by atoms with van der Waals surface area (Å²) in [4.78, 5) is 0. The molecule has 0 amide bonds. The molecule has 0 radical (unpaired) electrons. The lowest BCUT2D eigenvalue weighted by Gasteiger charge is -2.15. The lowest BCUT2D eigenvalue weighted by atomic mass is 10.2. The summed E-state index contributed by atoms with van der Waals surface area (Å²) in [5.74, 6) is 2.25. The van der Waals surface area contributed by atoms with E-state index in [-0.39, 0.29) is 0 Å². The Bertz CT molecular complexity index is 1020. The third kappa shape index (κ3) is 6.98. The van der Waals surface area contributed by atoms with E-state index in [4.69, 9.17) is 32.7 Å². The molecule has 1 aromatic heterocycles. The number of benzene rings is 2. The summed E-state index contributed by atoms with van der Waals surface area (Å²) in [5, 5.41) is 16.7. The van der Waals surface area contributed by atoms with Crippen molar-refractivity contribution >= 4 is 50.9 Å². The zero-order valence-electron chi connectivity index (χ0n) is 17.1. The van der Waals surface area contributed by atoms with Gasteiger partial charge in [-0.15, -0.1) is 5.10 Å². The molecule has 1 N–H and O–H groups in total. The molecule has 0 unspecified atom stereocenters. The van der Waals surface area contributed by atoms with Crippen molar-refractivity contribution in [1.29, 1.82) is 0 Å². The highest BCUT2D eigenvalue weighted by Crippen LogP contribution is 2.37. The molecule has 0 saturated heterocycles. The number of hydrogen-bond donors (Lipinski definition) is 1. The van der Waals surface area contributed by atoms with Gasteiger partial charge in [-0.05, 0) is 74.7 Å². The molecule has 3 aromatic rings. The minimum atomic E-state index is 0.349. The third-order valence-electron chi connectivity index (χ3n) is 4.30. The van der Waals surface area contributed by atoms with Gasteiger partial charge in [0.15, 0.2) is 11.5 Å². The van der Waals surface area contributed by atoms with Crippen LogP contribution < -0.4 is 14.8 Å². The van der Waals surface area contributed by atoms with Gasteiger partial charge >= 0.3 is 0 Å². The maximum absolute atomic E-state index is 6.08. The zero-order chi connectivity index (χ0) is 22.2. The summed E-state index contributed by atoms with van der Waals surface area (Å²) in [6.45, 7) is 1.95. The fourth-order valence-corrected chi connectivity index (χ4v) is 4.45. The Balaban J connectivity index is 1.50. The van der Waals surface area contributed by atoms with Gasteiger partial charge < -0.3 is 14.8 Å². The van der Waals surface area contributed by atoms with Crippen LogP contribution in [0.4, 0.5) is 0 Å². The summed E-state index contributed by atoms with van der Waals surface area (Å²) >= 11 is 17.3. The molecule has 1 heterocycles. The molecule has 2 aromatic carbocycles. The van der Waals surface area contributed by atoms with E-state index in [0.717, 1.165) is 46.0 Å². The van der Waals surface area contributed by atoms with Gasteiger partial charge in [0.2, 0.25) is 5.16 Å². The van der Waals surface area contributed by atoms with Gasteiger partial charge in [-0.2, -0.15) is 0 Å². The van der Waals surface area contributed by atoms with E-state index in [1.54, 1.807) is 35.7 Å². The van der Waals surface area contributed by atoms with Crippen LogP contribution in [0.5, 0.6) is 11.5 Å². The number of rotatable bonds is 11. The van der Waals surface area contributed by atoms with E-state index in [9.17, 15) is 0 Å². The van der Waals surface area contributed by atoms with Crippen molar-refractivity contribution in [3.05, 3.63) is 56.0 Å². The molecule has 0 aliphatic carbocycles. The Kier molecular flexibility index (Phi) is 9.28. The molecule has 0 bridgehead atoms. The van der Waals surface area contributed by atoms with Crippen LogP contribution in [-0.2, 0) is 20.2 Å². The fraction of sp³-hybridized carbons (Fsp3) is 0.350. The molecule has 7 nitrogen and oxygen atoms in total. The lowest BCUT2D eigenvalue weighted by Crippen LogP contribution is -2.15. The molecular weight excluding hydrogens is 525 g/mol. The van der Waals surface area contributed by atoms with Crippen LogP contribution in [-0.4, -0.2) is 39.6 Å². The molecule has 0 saturated carbocycles. The quantitative estimate of drug-likeness (QED) is 0.263. The number of ether oxygens (including phenoxy) is 2. The average molecular weight is 547 g/mol. The van der Waals surface area contributed by atoms with Crippen molar-refractivity contribution in [1.82, 2.24) is 25.5 Å². The summed E-state index contributed by atoms with van der Waals surface area (Å²) in [6.07, 6.45) is 1.00. The van der Waals surface area contributed by atoms with Crippen LogP contribution in [0.25, 0.3) is 0 Å². The second-order valence-electron chi connectivity index (χ2n) is 6.61. The van der Waals surface area contributed by atoms with E-state index >= 15 is 0 Å². The highest BCUT2D eigenvalue weighted by atomic mass is 79.9. The Morgan fingerprint density at radius 1 is 1.16 bits per heavy atom. The van der Waals surface area contributed by atoms with Crippen LogP contribution in [0.3, 0.4) is 0 Å². The summed E-state index contributed by atoms with van der Waals surface area (Å²) in [6, 6.07) is 9.43. The average Bonchev–Trinajstić information content (AvgIpc) is 3.16. The molecule has 0 aliphatic rings. The SMILES string of the molecule is COc1cc(CNCCCSc2nnnn2C)cc(Br)c1OCc1ccc(Cl)c(Cl)c1. The van der Waals surface area contributed by atoms with Gasteiger partial charge in [0.1, 0.15) is 6.61 Å². The number of tetrazole rings is 1. The normalized spacial score (nSPS) is 11.0. The first-order chi connectivity index (χ1) is 15.0. The molecule has 166 valence electrons. The maximum atomic E-state index is 6.08.